The highest BCUT2D eigenvalue weighted by Crippen LogP contribution is 2.33. The fourth-order valence-corrected chi connectivity index (χ4v) is 1.78. The second kappa shape index (κ2) is 4.99. The standard InChI is InChI=1S/C13H11F3N2O2/c1-7-11(17-8(2)18-12(7)19)9-5-3-4-6-10(9)20-13(14,15)16/h3-6H,1-2H3,(H,17,18,19). The highest BCUT2D eigenvalue weighted by atomic mass is 19.4. The molecule has 0 bridgehead atoms. The molecule has 0 fully saturated rings. The quantitative estimate of drug-likeness (QED) is 0.922. The molecule has 0 amide bonds. The summed E-state index contributed by atoms with van der Waals surface area (Å²) >= 11 is 0. The zero-order chi connectivity index (χ0) is 14.9. The third-order valence-electron chi connectivity index (χ3n) is 2.64. The van der Waals surface area contributed by atoms with Gasteiger partial charge >= 0.3 is 6.36 Å². The molecule has 2 rings (SSSR count). The molecule has 0 saturated heterocycles. The summed E-state index contributed by atoms with van der Waals surface area (Å²) in [7, 11) is 0. The number of benzene rings is 1. The molecule has 0 atom stereocenters. The normalized spacial score (nSPS) is 11.4. The highest BCUT2D eigenvalue weighted by Gasteiger charge is 2.32. The average Bonchev–Trinajstić information content (AvgIpc) is 2.33. The van der Waals surface area contributed by atoms with Crippen molar-refractivity contribution in [3.8, 4) is 17.0 Å². The number of alkyl halides is 3. The first kappa shape index (κ1) is 14.1. The molecule has 0 aliphatic carbocycles. The van der Waals surface area contributed by atoms with Crippen LogP contribution >= 0.6 is 0 Å². The summed E-state index contributed by atoms with van der Waals surface area (Å²) in [5.41, 5.74) is 0.130. The Balaban J connectivity index is 2.62. The lowest BCUT2D eigenvalue weighted by atomic mass is 10.1. The van der Waals surface area contributed by atoms with Gasteiger partial charge in [0, 0.05) is 11.1 Å². The van der Waals surface area contributed by atoms with E-state index >= 15 is 0 Å². The van der Waals surface area contributed by atoms with Crippen molar-refractivity contribution >= 4 is 0 Å². The SMILES string of the molecule is Cc1nc(-c2ccccc2OC(F)(F)F)c(C)c(=O)[nH]1. The summed E-state index contributed by atoms with van der Waals surface area (Å²) in [4.78, 5) is 18.3. The minimum absolute atomic E-state index is 0.122. The molecule has 0 aliphatic rings. The molecule has 1 aromatic heterocycles. The van der Waals surface area contributed by atoms with Crippen LogP contribution in [0.15, 0.2) is 29.1 Å². The number of ether oxygens (including phenoxy) is 1. The second-order valence-electron chi connectivity index (χ2n) is 4.17. The van der Waals surface area contributed by atoms with Gasteiger partial charge in [-0.3, -0.25) is 4.79 Å². The fourth-order valence-electron chi connectivity index (χ4n) is 1.78. The Bertz CT molecular complexity index is 693. The largest absolute Gasteiger partial charge is 0.573 e. The van der Waals surface area contributed by atoms with E-state index in [2.05, 4.69) is 14.7 Å². The van der Waals surface area contributed by atoms with E-state index in [0.717, 1.165) is 0 Å². The lowest BCUT2D eigenvalue weighted by molar-refractivity contribution is -0.274. The number of rotatable bonds is 2. The molecule has 0 spiro atoms. The number of halogens is 3. The zero-order valence-electron chi connectivity index (χ0n) is 10.7. The van der Waals surface area contributed by atoms with Gasteiger partial charge in [-0.05, 0) is 26.0 Å². The van der Waals surface area contributed by atoms with Crippen LogP contribution in [0.3, 0.4) is 0 Å². The summed E-state index contributed by atoms with van der Waals surface area (Å²) < 4.78 is 41.1. The number of aromatic amines is 1. The fraction of sp³-hybridized carbons (Fsp3) is 0.231. The molecule has 0 aliphatic heterocycles. The van der Waals surface area contributed by atoms with Crippen LogP contribution in [0, 0.1) is 13.8 Å². The molecular formula is C13H11F3N2O2. The Kier molecular flexibility index (Phi) is 3.52. The van der Waals surface area contributed by atoms with Gasteiger partial charge in [0.1, 0.15) is 11.6 Å². The maximum absolute atomic E-state index is 12.4. The van der Waals surface area contributed by atoms with Gasteiger partial charge in [-0.25, -0.2) is 4.98 Å². The molecule has 2 aromatic rings. The Morgan fingerprint density at radius 3 is 2.50 bits per heavy atom. The van der Waals surface area contributed by atoms with Crippen molar-refractivity contribution in [2.45, 2.75) is 20.2 Å². The number of hydrogen-bond donors (Lipinski definition) is 1. The number of aromatic nitrogens is 2. The minimum Gasteiger partial charge on any atom is -0.405 e. The molecule has 7 heteroatoms. The van der Waals surface area contributed by atoms with Crippen LogP contribution in [-0.4, -0.2) is 16.3 Å². The van der Waals surface area contributed by atoms with Gasteiger partial charge < -0.3 is 9.72 Å². The molecular weight excluding hydrogens is 273 g/mol. The van der Waals surface area contributed by atoms with Crippen molar-refractivity contribution in [2.75, 3.05) is 0 Å². The average molecular weight is 284 g/mol. The van der Waals surface area contributed by atoms with E-state index in [-0.39, 0.29) is 22.6 Å². The van der Waals surface area contributed by atoms with Gasteiger partial charge in [-0.15, -0.1) is 13.2 Å². The molecule has 1 aromatic carbocycles. The topological polar surface area (TPSA) is 55.0 Å². The molecule has 0 saturated carbocycles. The van der Waals surface area contributed by atoms with Crippen LogP contribution in [-0.2, 0) is 0 Å². The Morgan fingerprint density at radius 1 is 1.20 bits per heavy atom. The summed E-state index contributed by atoms with van der Waals surface area (Å²) in [6, 6.07) is 5.58. The number of aryl methyl sites for hydroxylation is 1. The highest BCUT2D eigenvalue weighted by molar-refractivity contribution is 5.69. The smallest absolute Gasteiger partial charge is 0.405 e. The van der Waals surface area contributed by atoms with Crippen molar-refractivity contribution in [3.63, 3.8) is 0 Å². The van der Waals surface area contributed by atoms with Gasteiger partial charge in [0.2, 0.25) is 0 Å². The molecule has 106 valence electrons. The Hall–Kier alpha value is -2.31. The van der Waals surface area contributed by atoms with Gasteiger partial charge in [0.25, 0.3) is 5.56 Å². The van der Waals surface area contributed by atoms with Crippen LogP contribution in [0.25, 0.3) is 11.3 Å². The van der Waals surface area contributed by atoms with Gasteiger partial charge in [-0.1, -0.05) is 12.1 Å². The summed E-state index contributed by atoms with van der Waals surface area (Å²) in [5.74, 6) is -0.0713. The summed E-state index contributed by atoms with van der Waals surface area (Å²) in [5, 5.41) is 0. The first-order chi connectivity index (χ1) is 9.28. The van der Waals surface area contributed by atoms with E-state index in [1.807, 2.05) is 0 Å². The van der Waals surface area contributed by atoms with Crippen molar-refractivity contribution in [3.05, 3.63) is 46.0 Å². The van der Waals surface area contributed by atoms with E-state index in [1.165, 1.54) is 25.1 Å². The van der Waals surface area contributed by atoms with Gasteiger partial charge in [0.05, 0.1) is 5.69 Å². The van der Waals surface area contributed by atoms with Gasteiger partial charge in [-0.2, -0.15) is 0 Å². The maximum atomic E-state index is 12.4. The Morgan fingerprint density at radius 2 is 1.85 bits per heavy atom. The Labute approximate surface area is 112 Å². The number of nitrogens with zero attached hydrogens (tertiary/aromatic N) is 1. The van der Waals surface area contributed by atoms with Crippen LogP contribution in [0.1, 0.15) is 11.4 Å². The number of nitrogens with one attached hydrogen (secondary N) is 1. The lowest BCUT2D eigenvalue weighted by Gasteiger charge is -2.14. The third-order valence-corrected chi connectivity index (χ3v) is 2.64. The van der Waals surface area contributed by atoms with Crippen molar-refractivity contribution < 1.29 is 17.9 Å². The zero-order valence-corrected chi connectivity index (χ0v) is 10.7. The van der Waals surface area contributed by atoms with E-state index in [9.17, 15) is 18.0 Å². The predicted molar refractivity (Wildman–Crippen MR) is 66.5 cm³/mol. The number of H-pyrrole nitrogens is 1. The van der Waals surface area contributed by atoms with Crippen LogP contribution in [0.2, 0.25) is 0 Å². The number of para-hydroxylation sites is 1. The first-order valence-corrected chi connectivity index (χ1v) is 5.70. The molecule has 20 heavy (non-hydrogen) atoms. The summed E-state index contributed by atoms with van der Waals surface area (Å²) in [6.45, 7) is 3.04. The second-order valence-corrected chi connectivity index (χ2v) is 4.17. The first-order valence-electron chi connectivity index (χ1n) is 5.70. The molecule has 4 nitrogen and oxygen atoms in total. The molecule has 1 N–H and O–H groups in total. The number of hydrogen-bond acceptors (Lipinski definition) is 3. The maximum Gasteiger partial charge on any atom is 0.573 e. The van der Waals surface area contributed by atoms with Crippen LogP contribution in [0.5, 0.6) is 5.75 Å². The van der Waals surface area contributed by atoms with E-state index in [0.29, 0.717) is 5.82 Å². The lowest BCUT2D eigenvalue weighted by Crippen LogP contribution is -2.19. The van der Waals surface area contributed by atoms with E-state index in [1.54, 1.807) is 13.0 Å². The van der Waals surface area contributed by atoms with Crippen LogP contribution < -0.4 is 10.3 Å². The van der Waals surface area contributed by atoms with E-state index < -0.39 is 11.9 Å². The monoisotopic (exact) mass is 284 g/mol. The molecule has 0 unspecified atom stereocenters. The minimum atomic E-state index is -4.81. The summed E-state index contributed by atoms with van der Waals surface area (Å²) in [6.07, 6.45) is -4.81. The molecule has 0 radical (unpaired) electrons. The van der Waals surface area contributed by atoms with Crippen LogP contribution in [0.4, 0.5) is 13.2 Å². The van der Waals surface area contributed by atoms with Crippen molar-refractivity contribution in [1.82, 2.24) is 9.97 Å². The predicted octanol–water partition coefficient (Wildman–Crippen LogP) is 2.95. The van der Waals surface area contributed by atoms with E-state index in [4.69, 9.17) is 0 Å². The van der Waals surface area contributed by atoms with Crippen molar-refractivity contribution in [1.29, 1.82) is 0 Å². The van der Waals surface area contributed by atoms with Gasteiger partial charge in [0.15, 0.2) is 0 Å². The third kappa shape index (κ3) is 2.98. The van der Waals surface area contributed by atoms with Crippen molar-refractivity contribution in [2.24, 2.45) is 0 Å². The molecule has 1 heterocycles.